The molecule has 4 rings (SSSR count). The summed E-state index contributed by atoms with van der Waals surface area (Å²) in [4.78, 5) is 24.3. The van der Waals surface area contributed by atoms with Gasteiger partial charge in [-0.15, -0.1) is 10.2 Å². The molecule has 0 spiro atoms. The largest absolute Gasteiger partial charge is 0.454 e. The minimum atomic E-state index is -0.598. The average molecular weight is 401 g/mol. The van der Waals surface area contributed by atoms with Gasteiger partial charge in [-0.1, -0.05) is 48.0 Å². The molecular formula is C23H19N3O4. The Morgan fingerprint density at radius 1 is 0.967 bits per heavy atom. The standard InChI is InChI=1S/C23H19N3O4/c1-15-5-4-8-19(11-15)23-26-25-20(30-23)14-29-21(27)13-24-22(28)18-10-9-16-6-2-3-7-17(16)12-18/h2-12H,13-14H2,1H3,(H,24,28). The molecule has 3 aromatic carbocycles. The van der Waals surface area contributed by atoms with Crippen LogP contribution >= 0.6 is 0 Å². The number of hydrogen-bond donors (Lipinski definition) is 1. The first-order valence-electron chi connectivity index (χ1n) is 9.40. The molecule has 0 saturated carbocycles. The second kappa shape index (κ2) is 8.57. The van der Waals surface area contributed by atoms with Gasteiger partial charge in [0, 0.05) is 11.1 Å². The summed E-state index contributed by atoms with van der Waals surface area (Å²) in [5, 5.41) is 12.4. The predicted octanol–water partition coefficient (Wildman–Crippen LogP) is 3.67. The van der Waals surface area contributed by atoms with Gasteiger partial charge in [-0.3, -0.25) is 9.59 Å². The number of benzene rings is 3. The van der Waals surface area contributed by atoms with Crippen LogP contribution in [0.1, 0.15) is 21.8 Å². The molecule has 0 bridgehead atoms. The number of hydrogen-bond acceptors (Lipinski definition) is 6. The van der Waals surface area contributed by atoms with Crippen LogP contribution in [0.15, 0.2) is 71.1 Å². The molecule has 30 heavy (non-hydrogen) atoms. The van der Waals surface area contributed by atoms with Gasteiger partial charge in [0.05, 0.1) is 0 Å². The highest BCUT2D eigenvalue weighted by atomic mass is 16.5. The number of rotatable bonds is 6. The highest BCUT2D eigenvalue weighted by Crippen LogP contribution is 2.19. The van der Waals surface area contributed by atoms with Crippen LogP contribution in [0, 0.1) is 6.92 Å². The van der Waals surface area contributed by atoms with Gasteiger partial charge in [-0.25, -0.2) is 0 Å². The third kappa shape index (κ3) is 4.52. The monoisotopic (exact) mass is 401 g/mol. The fraction of sp³-hybridized carbons (Fsp3) is 0.130. The molecule has 1 heterocycles. The molecule has 0 saturated heterocycles. The first-order chi connectivity index (χ1) is 14.6. The molecule has 1 amide bonds. The van der Waals surface area contributed by atoms with Gasteiger partial charge in [-0.2, -0.15) is 0 Å². The maximum absolute atomic E-state index is 12.3. The van der Waals surface area contributed by atoms with Crippen LogP contribution in [0.25, 0.3) is 22.2 Å². The zero-order chi connectivity index (χ0) is 20.9. The Morgan fingerprint density at radius 3 is 2.63 bits per heavy atom. The molecule has 0 aliphatic heterocycles. The van der Waals surface area contributed by atoms with Crippen LogP contribution in [-0.4, -0.2) is 28.6 Å². The second-order valence-electron chi connectivity index (χ2n) is 6.78. The molecule has 0 aliphatic rings. The summed E-state index contributed by atoms with van der Waals surface area (Å²) < 4.78 is 10.6. The smallest absolute Gasteiger partial charge is 0.325 e. The van der Waals surface area contributed by atoms with E-state index in [0.717, 1.165) is 21.9 Å². The van der Waals surface area contributed by atoms with Gasteiger partial charge in [0.2, 0.25) is 5.89 Å². The van der Waals surface area contributed by atoms with Crippen molar-refractivity contribution in [2.24, 2.45) is 0 Å². The van der Waals surface area contributed by atoms with Crippen molar-refractivity contribution in [2.45, 2.75) is 13.5 Å². The molecule has 0 radical (unpaired) electrons. The lowest BCUT2D eigenvalue weighted by Crippen LogP contribution is -2.30. The highest BCUT2D eigenvalue weighted by molar-refractivity contribution is 5.99. The van der Waals surface area contributed by atoms with E-state index in [4.69, 9.17) is 9.15 Å². The topological polar surface area (TPSA) is 94.3 Å². The molecule has 7 heteroatoms. The summed E-state index contributed by atoms with van der Waals surface area (Å²) in [6.45, 7) is 1.54. The van der Waals surface area contributed by atoms with Crippen LogP contribution < -0.4 is 5.32 Å². The zero-order valence-electron chi connectivity index (χ0n) is 16.3. The molecule has 150 valence electrons. The molecular weight excluding hydrogens is 382 g/mol. The summed E-state index contributed by atoms with van der Waals surface area (Å²) in [6.07, 6.45) is 0. The molecule has 0 fully saturated rings. The predicted molar refractivity (Wildman–Crippen MR) is 111 cm³/mol. The van der Waals surface area contributed by atoms with E-state index in [1.54, 1.807) is 12.1 Å². The number of ether oxygens (including phenoxy) is 1. The van der Waals surface area contributed by atoms with Gasteiger partial charge < -0.3 is 14.5 Å². The molecule has 7 nitrogen and oxygen atoms in total. The minimum Gasteiger partial charge on any atom is -0.454 e. The molecule has 0 atom stereocenters. The third-order valence-electron chi connectivity index (χ3n) is 4.49. The molecule has 0 unspecified atom stereocenters. The van der Waals surface area contributed by atoms with Gasteiger partial charge in [0.15, 0.2) is 6.61 Å². The molecule has 0 aliphatic carbocycles. The van der Waals surface area contributed by atoms with Gasteiger partial charge >= 0.3 is 5.97 Å². The Labute approximate surface area is 172 Å². The van der Waals surface area contributed by atoms with Gasteiger partial charge in [0.25, 0.3) is 11.8 Å². The van der Waals surface area contributed by atoms with Crippen molar-refractivity contribution in [3.05, 3.63) is 83.7 Å². The average Bonchev–Trinajstić information content (AvgIpc) is 3.25. The summed E-state index contributed by atoms with van der Waals surface area (Å²) in [5.41, 5.74) is 2.34. The van der Waals surface area contributed by atoms with E-state index in [1.165, 1.54) is 0 Å². The van der Waals surface area contributed by atoms with Crippen LogP contribution in [-0.2, 0) is 16.1 Å². The quantitative estimate of drug-likeness (QED) is 0.496. The fourth-order valence-electron chi connectivity index (χ4n) is 2.99. The summed E-state index contributed by atoms with van der Waals surface area (Å²) >= 11 is 0. The lowest BCUT2D eigenvalue weighted by molar-refractivity contribution is -0.144. The summed E-state index contributed by atoms with van der Waals surface area (Å²) in [6, 6.07) is 20.7. The van der Waals surface area contributed by atoms with Gasteiger partial charge in [0.1, 0.15) is 6.54 Å². The molecule has 1 aromatic heterocycles. The van der Waals surface area contributed by atoms with E-state index in [-0.39, 0.29) is 24.9 Å². The van der Waals surface area contributed by atoms with Crippen LogP contribution in [0.3, 0.4) is 0 Å². The number of nitrogens with zero attached hydrogens (tertiary/aromatic N) is 2. The normalized spacial score (nSPS) is 10.7. The first kappa shape index (κ1) is 19.3. The third-order valence-corrected chi connectivity index (χ3v) is 4.49. The number of nitrogens with one attached hydrogen (secondary N) is 1. The highest BCUT2D eigenvalue weighted by Gasteiger charge is 2.13. The van der Waals surface area contributed by atoms with Crippen molar-refractivity contribution < 1.29 is 18.7 Å². The van der Waals surface area contributed by atoms with E-state index in [0.29, 0.717) is 11.5 Å². The summed E-state index contributed by atoms with van der Waals surface area (Å²) in [5.74, 6) is -0.410. The lowest BCUT2D eigenvalue weighted by Gasteiger charge is -2.06. The van der Waals surface area contributed by atoms with E-state index in [2.05, 4.69) is 15.5 Å². The fourth-order valence-corrected chi connectivity index (χ4v) is 2.99. The number of carbonyl (C=O) groups excluding carboxylic acids is 2. The first-order valence-corrected chi connectivity index (χ1v) is 9.40. The molecule has 1 N–H and O–H groups in total. The van der Waals surface area contributed by atoms with Crippen molar-refractivity contribution in [1.29, 1.82) is 0 Å². The number of aromatic nitrogens is 2. The Hall–Kier alpha value is -4.00. The van der Waals surface area contributed by atoms with E-state index < -0.39 is 5.97 Å². The molecule has 4 aromatic rings. The van der Waals surface area contributed by atoms with Crippen molar-refractivity contribution in [2.75, 3.05) is 6.54 Å². The maximum atomic E-state index is 12.3. The van der Waals surface area contributed by atoms with E-state index in [1.807, 2.05) is 61.5 Å². The number of aryl methyl sites for hydroxylation is 1. The van der Waals surface area contributed by atoms with E-state index in [9.17, 15) is 9.59 Å². The maximum Gasteiger partial charge on any atom is 0.325 e. The Bertz CT molecular complexity index is 1220. The number of fused-ring (bicyclic) bond motifs is 1. The van der Waals surface area contributed by atoms with Crippen molar-refractivity contribution in [3.8, 4) is 11.5 Å². The minimum absolute atomic E-state index is 0.163. The van der Waals surface area contributed by atoms with E-state index >= 15 is 0 Å². The Morgan fingerprint density at radius 2 is 1.80 bits per heavy atom. The summed E-state index contributed by atoms with van der Waals surface area (Å²) in [7, 11) is 0. The zero-order valence-corrected chi connectivity index (χ0v) is 16.3. The number of carbonyl (C=O) groups is 2. The second-order valence-corrected chi connectivity index (χ2v) is 6.78. The van der Waals surface area contributed by atoms with Crippen molar-refractivity contribution in [3.63, 3.8) is 0 Å². The SMILES string of the molecule is Cc1cccc(-c2nnc(COC(=O)CNC(=O)c3ccc4ccccc4c3)o2)c1. The van der Waals surface area contributed by atoms with Crippen molar-refractivity contribution in [1.82, 2.24) is 15.5 Å². The number of amides is 1. The van der Waals surface area contributed by atoms with Gasteiger partial charge in [-0.05, 0) is 42.0 Å². The van der Waals surface area contributed by atoms with Crippen LogP contribution in [0.4, 0.5) is 0 Å². The lowest BCUT2D eigenvalue weighted by atomic mass is 10.1. The Balaban J connectivity index is 1.29. The van der Waals surface area contributed by atoms with Crippen LogP contribution in [0.5, 0.6) is 0 Å². The Kier molecular flexibility index (Phi) is 5.52. The number of esters is 1. The van der Waals surface area contributed by atoms with Crippen molar-refractivity contribution >= 4 is 22.6 Å². The van der Waals surface area contributed by atoms with Crippen LogP contribution in [0.2, 0.25) is 0 Å².